The number of halogens is 4. The van der Waals surface area contributed by atoms with Crippen LogP contribution in [0.3, 0.4) is 0 Å². The summed E-state index contributed by atoms with van der Waals surface area (Å²) in [5.74, 6) is -1.57. The van der Waals surface area contributed by atoms with Gasteiger partial charge < -0.3 is 5.11 Å². The van der Waals surface area contributed by atoms with E-state index in [9.17, 15) is 22.8 Å². The first kappa shape index (κ1) is 15.7. The second kappa shape index (κ2) is 5.73. The van der Waals surface area contributed by atoms with Crippen LogP contribution in [0.5, 0.6) is 0 Å². The van der Waals surface area contributed by atoms with Crippen molar-refractivity contribution in [3.63, 3.8) is 0 Å². The topological polar surface area (TPSA) is 54.4 Å². The van der Waals surface area contributed by atoms with Crippen molar-refractivity contribution in [2.75, 3.05) is 0 Å². The maximum Gasteiger partial charge on any atom is 0.416 e. The molecule has 0 bridgehead atoms. The van der Waals surface area contributed by atoms with Gasteiger partial charge in [0, 0.05) is 0 Å². The monoisotopic (exact) mass is 338 g/mol. The van der Waals surface area contributed by atoms with E-state index in [1.807, 2.05) is 0 Å². The van der Waals surface area contributed by atoms with Crippen molar-refractivity contribution < 1.29 is 27.9 Å². The molecule has 0 saturated heterocycles. The Bertz CT molecular complexity index is 511. The molecule has 1 unspecified atom stereocenters. The van der Waals surface area contributed by atoms with Gasteiger partial charge in [-0.05, 0) is 30.2 Å². The zero-order valence-electron chi connectivity index (χ0n) is 9.79. The quantitative estimate of drug-likeness (QED) is 0.856. The molecule has 0 aliphatic rings. The molecule has 0 aliphatic carbocycles. The van der Waals surface area contributed by atoms with Crippen LogP contribution in [0.1, 0.15) is 28.4 Å². The van der Waals surface area contributed by atoms with Gasteiger partial charge in [-0.25, -0.2) is 0 Å². The van der Waals surface area contributed by atoms with E-state index in [-0.39, 0.29) is 16.9 Å². The third kappa shape index (κ3) is 4.05. The van der Waals surface area contributed by atoms with Crippen molar-refractivity contribution in [1.82, 2.24) is 0 Å². The second-order valence-corrected chi connectivity index (χ2v) is 4.87. The number of ketones is 1. The van der Waals surface area contributed by atoms with Gasteiger partial charge in [-0.15, -0.1) is 0 Å². The molecule has 7 heteroatoms. The molecule has 0 saturated carbocycles. The third-order valence-corrected chi connectivity index (χ3v) is 3.58. The number of rotatable bonds is 4. The second-order valence-electron chi connectivity index (χ2n) is 3.96. The summed E-state index contributed by atoms with van der Waals surface area (Å²) in [6, 6.07) is 2.72. The number of carboxylic acid groups (broad SMARTS) is 1. The number of aliphatic carboxylic acids is 1. The first-order valence-electron chi connectivity index (χ1n) is 5.19. The fourth-order valence-electron chi connectivity index (χ4n) is 1.56. The SMILES string of the molecule is CC(=O)C(Br)c1ccc(C(F)(F)F)cc1CC(=O)O. The summed E-state index contributed by atoms with van der Waals surface area (Å²) in [6.07, 6.45) is -5.13. The van der Waals surface area contributed by atoms with Gasteiger partial charge in [0.25, 0.3) is 0 Å². The van der Waals surface area contributed by atoms with Gasteiger partial charge in [-0.2, -0.15) is 13.2 Å². The fourth-order valence-corrected chi connectivity index (χ4v) is 2.01. The van der Waals surface area contributed by atoms with Crippen molar-refractivity contribution in [3.8, 4) is 0 Å². The van der Waals surface area contributed by atoms with E-state index in [0.717, 1.165) is 18.2 Å². The molecule has 0 radical (unpaired) electrons. The van der Waals surface area contributed by atoms with Gasteiger partial charge in [0.2, 0.25) is 0 Å². The summed E-state index contributed by atoms with van der Waals surface area (Å²) in [7, 11) is 0. The highest BCUT2D eigenvalue weighted by atomic mass is 79.9. The highest BCUT2D eigenvalue weighted by molar-refractivity contribution is 9.09. The molecule has 0 aliphatic heterocycles. The first-order valence-corrected chi connectivity index (χ1v) is 6.11. The van der Waals surface area contributed by atoms with E-state index < -0.39 is 29.0 Å². The highest BCUT2D eigenvalue weighted by Gasteiger charge is 2.32. The maximum absolute atomic E-state index is 12.6. The number of benzene rings is 1. The molecule has 104 valence electrons. The molecular weight excluding hydrogens is 329 g/mol. The maximum atomic E-state index is 12.6. The van der Waals surface area contributed by atoms with Crippen LogP contribution in [-0.4, -0.2) is 16.9 Å². The van der Waals surface area contributed by atoms with E-state index >= 15 is 0 Å². The number of hydrogen-bond acceptors (Lipinski definition) is 2. The van der Waals surface area contributed by atoms with Gasteiger partial charge >= 0.3 is 12.1 Å². The van der Waals surface area contributed by atoms with Gasteiger partial charge in [0.1, 0.15) is 5.78 Å². The van der Waals surface area contributed by atoms with Crippen molar-refractivity contribution in [1.29, 1.82) is 0 Å². The Morgan fingerprint density at radius 3 is 2.37 bits per heavy atom. The smallest absolute Gasteiger partial charge is 0.416 e. The van der Waals surface area contributed by atoms with Crippen LogP contribution in [-0.2, 0) is 22.2 Å². The summed E-state index contributed by atoms with van der Waals surface area (Å²) in [4.78, 5) is 21.1. The molecule has 0 amide bonds. The van der Waals surface area contributed by atoms with E-state index in [1.165, 1.54) is 6.92 Å². The summed E-state index contributed by atoms with van der Waals surface area (Å²) in [5, 5.41) is 8.72. The number of Topliss-reactive ketones (excluding diaryl/α,β-unsaturated/α-hetero) is 1. The predicted molar refractivity (Wildman–Crippen MR) is 65.1 cm³/mol. The van der Waals surface area contributed by atoms with E-state index in [2.05, 4.69) is 15.9 Å². The number of carbonyl (C=O) groups excluding carboxylic acids is 1. The standard InChI is InChI=1S/C12H10BrF3O3/c1-6(17)11(13)9-3-2-8(12(14,15)16)4-7(9)5-10(18)19/h2-4,11H,5H2,1H3,(H,18,19). The Morgan fingerprint density at radius 2 is 1.95 bits per heavy atom. The highest BCUT2D eigenvalue weighted by Crippen LogP contribution is 2.34. The summed E-state index contributed by atoms with van der Waals surface area (Å²) in [6.45, 7) is 1.27. The van der Waals surface area contributed by atoms with Gasteiger partial charge in [-0.1, -0.05) is 22.0 Å². The Kier molecular flexibility index (Phi) is 4.73. The summed E-state index contributed by atoms with van der Waals surface area (Å²) in [5.41, 5.74) is -0.724. The molecule has 1 rings (SSSR count). The van der Waals surface area contributed by atoms with Crippen molar-refractivity contribution in [2.45, 2.75) is 24.3 Å². The van der Waals surface area contributed by atoms with Crippen molar-refractivity contribution in [2.24, 2.45) is 0 Å². The Hall–Kier alpha value is -1.37. The normalized spacial score (nSPS) is 13.1. The van der Waals surface area contributed by atoms with E-state index in [0.29, 0.717) is 0 Å². The summed E-state index contributed by atoms with van der Waals surface area (Å²) >= 11 is 3.04. The largest absolute Gasteiger partial charge is 0.481 e. The van der Waals surface area contributed by atoms with Gasteiger partial charge in [-0.3, -0.25) is 9.59 Å². The molecule has 3 nitrogen and oxygen atoms in total. The van der Waals surface area contributed by atoms with Gasteiger partial charge in [0.15, 0.2) is 0 Å². The number of hydrogen-bond donors (Lipinski definition) is 1. The predicted octanol–water partition coefficient (Wildman–Crippen LogP) is 3.36. The lowest BCUT2D eigenvalue weighted by Gasteiger charge is -2.15. The molecule has 0 spiro atoms. The lowest BCUT2D eigenvalue weighted by molar-refractivity contribution is -0.138. The van der Waals surface area contributed by atoms with Crippen LogP contribution in [0, 0.1) is 0 Å². The Morgan fingerprint density at radius 1 is 1.37 bits per heavy atom. The van der Waals surface area contributed by atoms with Crippen LogP contribution in [0.2, 0.25) is 0 Å². The van der Waals surface area contributed by atoms with E-state index in [1.54, 1.807) is 0 Å². The lowest BCUT2D eigenvalue weighted by atomic mass is 9.97. The molecule has 0 heterocycles. The third-order valence-electron chi connectivity index (χ3n) is 2.44. The van der Waals surface area contributed by atoms with Crippen molar-refractivity contribution >= 4 is 27.7 Å². The molecule has 19 heavy (non-hydrogen) atoms. The van der Waals surface area contributed by atoms with E-state index in [4.69, 9.17) is 5.11 Å². The number of alkyl halides is 4. The minimum atomic E-state index is -4.55. The fraction of sp³-hybridized carbons (Fsp3) is 0.333. The van der Waals surface area contributed by atoms with Crippen LogP contribution in [0.4, 0.5) is 13.2 Å². The van der Waals surface area contributed by atoms with Crippen molar-refractivity contribution in [3.05, 3.63) is 34.9 Å². The molecule has 1 N–H and O–H groups in total. The zero-order valence-corrected chi connectivity index (χ0v) is 11.4. The minimum absolute atomic E-state index is 0.0283. The number of carbonyl (C=O) groups is 2. The molecule has 0 aromatic heterocycles. The molecule has 1 atom stereocenters. The first-order chi connectivity index (χ1) is 8.62. The summed E-state index contributed by atoms with van der Waals surface area (Å²) < 4.78 is 37.7. The van der Waals surface area contributed by atoms with Gasteiger partial charge in [0.05, 0.1) is 16.8 Å². The van der Waals surface area contributed by atoms with Crippen LogP contribution in [0.25, 0.3) is 0 Å². The molecule has 1 aromatic carbocycles. The number of carboxylic acids is 1. The molecule has 0 fully saturated rings. The Labute approximate surface area is 115 Å². The zero-order chi connectivity index (χ0) is 14.8. The minimum Gasteiger partial charge on any atom is -0.481 e. The molecule has 1 aromatic rings. The molecular formula is C12H10BrF3O3. The average molecular weight is 339 g/mol. The van der Waals surface area contributed by atoms with Crippen LogP contribution >= 0.6 is 15.9 Å². The average Bonchev–Trinajstić information content (AvgIpc) is 2.25. The van der Waals surface area contributed by atoms with Crippen LogP contribution in [0.15, 0.2) is 18.2 Å². The Balaban J connectivity index is 3.32. The lowest BCUT2D eigenvalue weighted by Crippen LogP contribution is -2.12. The van der Waals surface area contributed by atoms with Crippen LogP contribution < -0.4 is 0 Å².